The van der Waals surface area contributed by atoms with Gasteiger partial charge in [-0.25, -0.2) is 9.18 Å². The molecule has 0 aliphatic rings. The van der Waals surface area contributed by atoms with Gasteiger partial charge in [-0.3, -0.25) is 0 Å². The smallest absolute Gasteiger partial charge is 0.348 e. The second kappa shape index (κ2) is 5.13. The average molecular weight is 310 g/mol. The first-order valence-corrected chi connectivity index (χ1v) is 5.12. The third kappa shape index (κ3) is 3.35. The molecule has 0 aromatic heterocycles. The van der Waals surface area contributed by atoms with E-state index in [9.17, 15) is 9.18 Å². The zero-order valence-electron chi connectivity index (χ0n) is 7.80. The van der Waals surface area contributed by atoms with Crippen LogP contribution in [-0.2, 0) is 0 Å². The maximum Gasteiger partial charge on any atom is 0.348 e. The number of benzene rings is 1. The van der Waals surface area contributed by atoms with Crippen LogP contribution in [0.2, 0.25) is 5.02 Å². The fraction of sp³-hybridized carbons (Fsp3) is 0. The summed E-state index contributed by atoms with van der Waals surface area (Å²) in [6, 6.07) is 1.68. The van der Waals surface area contributed by atoms with Crippen LogP contribution in [0.15, 0.2) is 21.6 Å². The maximum atomic E-state index is 13.4. The highest BCUT2D eigenvalue weighted by Gasteiger charge is 2.11. The minimum Gasteiger partial charge on any atom is -0.370 e. The van der Waals surface area contributed by atoms with Gasteiger partial charge in [-0.1, -0.05) is 27.5 Å². The lowest BCUT2D eigenvalue weighted by atomic mass is 10.3. The van der Waals surface area contributed by atoms with Crippen molar-refractivity contribution in [3.63, 3.8) is 0 Å². The van der Waals surface area contributed by atoms with Gasteiger partial charge in [-0.15, -0.1) is 0 Å². The molecule has 0 unspecified atom stereocenters. The van der Waals surface area contributed by atoms with Crippen LogP contribution in [0, 0.1) is 5.82 Å². The van der Waals surface area contributed by atoms with Crippen LogP contribution >= 0.6 is 27.5 Å². The number of anilines is 1. The van der Waals surface area contributed by atoms with Gasteiger partial charge in [0, 0.05) is 4.47 Å². The summed E-state index contributed by atoms with van der Waals surface area (Å²) in [6.07, 6.45) is 0. The topological polar surface area (TPSA) is 93.5 Å². The lowest BCUT2D eigenvalue weighted by Crippen LogP contribution is -2.25. The van der Waals surface area contributed by atoms with Gasteiger partial charge in [0.15, 0.2) is 5.96 Å². The zero-order valence-corrected chi connectivity index (χ0v) is 10.1. The summed E-state index contributed by atoms with van der Waals surface area (Å²) in [4.78, 5) is 14.3. The zero-order chi connectivity index (χ0) is 12.3. The fourth-order valence-corrected chi connectivity index (χ4v) is 1.73. The Balaban J connectivity index is 2.98. The molecule has 0 atom stereocenters. The van der Waals surface area contributed by atoms with Crippen molar-refractivity contribution in [2.75, 3.05) is 5.32 Å². The van der Waals surface area contributed by atoms with Gasteiger partial charge in [0.25, 0.3) is 0 Å². The Bertz CT molecular complexity index is 438. The van der Waals surface area contributed by atoms with Crippen molar-refractivity contribution in [2.45, 2.75) is 0 Å². The number of halogens is 3. The van der Waals surface area contributed by atoms with Gasteiger partial charge >= 0.3 is 6.03 Å². The summed E-state index contributed by atoms with van der Waals surface area (Å²) in [5.74, 6) is -1.12. The third-order valence-electron chi connectivity index (χ3n) is 1.47. The van der Waals surface area contributed by atoms with Gasteiger partial charge in [0.05, 0.1) is 10.7 Å². The fourth-order valence-electron chi connectivity index (χ4n) is 0.914. The molecule has 5 nitrogen and oxygen atoms in total. The number of guanidine groups is 1. The number of nitrogens with two attached hydrogens (primary N) is 2. The SMILES string of the molecule is NC(N)=NC(=O)Nc1c(F)cc(Br)cc1Cl. The van der Waals surface area contributed by atoms with Crippen molar-refractivity contribution in [1.29, 1.82) is 0 Å². The molecule has 2 amide bonds. The average Bonchev–Trinajstić information content (AvgIpc) is 2.09. The molecule has 1 rings (SSSR count). The molecule has 0 heterocycles. The number of urea groups is 1. The largest absolute Gasteiger partial charge is 0.370 e. The van der Waals surface area contributed by atoms with Gasteiger partial charge in [0.1, 0.15) is 5.82 Å². The molecule has 1 aromatic carbocycles. The highest BCUT2D eigenvalue weighted by molar-refractivity contribution is 9.10. The molecular formula is C8H7BrClFN4O. The number of carbonyl (C=O) groups is 1. The Hall–Kier alpha value is -1.34. The Morgan fingerprint density at radius 2 is 2.12 bits per heavy atom. The molecule has 0 radical (unpaired) electrons. The first-order valence-electron chi connectivity index (χ1n) is 3.95. The van der Waals surface area contributed by atoms with Crippen LogP contribution in [0.5, 0.6) is 0 Å². The number of nitrogens with one attached hydrogen (secondary N) is 1. The predicted molar refractivity (Wildman–Crippen MR) is 63.9 cm³/mol. The Kier molecular flexibility index (Phi) is 4.08. The molecule has 1 aromatic rings. The van der Waals surface area contributed by atoms with E-state index in [1.807, 2.05) is 0 Å². The summed E-state index contributed by atoms with van der Waals surface area (Å²) in [5, 5.41) is 2.16. The van der Waals surface area contributed by atoms with E-state index < -0.39 is 17.8 Å². The lowest BCUT2D eigenvalue weighted by Gasteiger charge is -2.06. The predicted octanol–water partition coefficient (Wildman–Crippen LogP) is 2.05. The van der Waals surface area contributed by atoms with Gasteiger partial charge in [-0.2, -0.15) is 4.99 Å². The molecule has 5 N–H and O–H groups in total. The second-order valence-corrected chi connectivity index (χ2v) is 4.03. The van der Waals surface area contributed by atoms with Gasteiger partial charge in [0.2, 0.25) is 0 Å². The lowest BCUT2D eigenvalue weighted by molar-refractivity contribution is 0.259. The van der Waals surface area contributed by atoms with Crippen molar-refractivity contribution in [2.24, 2.45) is 16.5 Å². The number of hydrogen-bond acceptors (Lipinski definition) is 1. The Morgan fingerprint density at radius 1 is 1.50 bits per heavy atom. The van der Waals surface area contributed by atoms with E-state index in [1.165, 1.54) is 6.07 Å². The van der Waals surface area contributed by atoms with Crippen LogP contribution in [-0.4, -0.2) is 12.0 Å². The summed E-state index contributed by atoms with van der Waals surface area (Å²) in [5.41, 5.74) is 9.78. The maximum absolute atomic E-state index is 13.4. The van der Waals surface area contributed by atoms with Crippen LogP contribution in [0.25, 0.3) is 0 Å². The number of carbonyl (C=O) groups excluding carboxylic acids is 1. The normalized spacial score (nSPS) is 9.69. The van der Waals surface area contributed by atoms with E-state index in [1.54, 1.807) is 0 Å². The van der Waals surface area contributed by atoms with Crippen molar-refractivity contribution < 1.29 is 9.18 Å². The minimum atomic E-state index is -0.900. The molecule has 0 saturated carbocycles. The summed E-state index contributed by atoms with van der Waals surface area (Å²) in [7, 11) is 0. The summed E-state index contributed by atoms with van der Waals surface area (Å²) >= 11 is 8.77. The van der Waals surface area contributed by atoms with Gasteiger partial charge < -0.3 is 16.8 Å². The standard InChI is InChI=1S/C8H7BrClFN4O/c9-3-1-4(10)6(5(11)2-3)14-8(16)15-7(12)13/h1-2H,(H5,12,13,14,15,16). The van der Waals surface area contributed by atoms with Gasteiger partial charge in [-0.05, 0) is 12.1 Å². The number of amides is 2. The number of hydrogen-bond donors (Lipinski definition) is 3. The molecule has 8 heteroatoms. The highest BCUT2D eigenvalue weighted by atomic mass is 79.9. The highest BCUT2D eigenvalue weighted by Crippen LogP contribution is 2.29. The van der Waals surface area contributed by atoms with Crippen molar-refractivity contribution in [3.8, 4) is 0 Å². The summed E-state index contributed by atoms with van der Waals surface area (Å²) < 4.78 is 13.8. The quantitative estimate of drug-likeness (QED) is 0.547. The molecule has 0 fully saturated rings. The third-order valence-corrected chi connectivity index (χ3v) is 2.23. The summed E-state index contributed by atoms with van der Waals surface area (Å²) in [6.45, 7) is 0. The molecule has 0 saturated heterocycles. The molecule has 0 aliphatic heterocycles. The van der Waals surface area contributed by atoms with Crippen molar-refractivity contribution in [3.05, 3.63) is 27.4 Å². The molecule has 0 spiro atoms. The first kappa shape index (κ1) is 12.7. The first-order chi connectivity index (χ1) is 7.40. The van der Waals surface area contributed by atoms with E-state index in [0.29, 0.717) is 4.47 Å². The molecular weight excluding hydrogens is 302 g/mol. The van der Waals surface area contributed by atoms with E-state index in [-0.39, 0.29) is 10.7 Å². The van der Waals surface area contributed by atoms with Crippen LogP contribution in [0.1, 0.15) is 0 Å². The Labute approximate surface area is 104 Å². The van der Waals surface area contributed by atoms with E-state index in [0.717, 1.165) is 6.07 Å². The molecule has 86 valence electrons. The van der Waals surface area contributed by atoms with Crippen molar-refractivity contribution in [1.82, 2.24) is 0 Å². The van der Waals surface area contributed by atoms with E-state index in [2.05, 4.69) is 26.2 Å². The van der Waals surface area contributed by atoms with Crippen LogP contribution in [0.3, 0.4) is 0 Å². The molecule has 0 aliphatic carbocycles. The Morgan fingerprint density at radius 3 is 2.62 bits per heavy atom. The number of rotatable bonds is 1. The minimum absolute atomic E-state index is 0.0333. The van der Waals surface area contributed by atoms with Crippen molar-refractivity contribution >= 4 is 45.2 Å². The molecule has 16 heavy (non-hydrogen) atoms. The number of nitrogens with zero attached hydrogens (tertiary/aromatic N) is 1. The molecule has 0 bridgehead atoms. The van der Waals surface area contributed by atoms with Crippen LogP contribution < -0.4 is 16.8 Å². The monoisotopic (exact) mass is 308 g/mol. The van der Waals surface area contributed by atoms with E-state index in [4.69, 9.17) is 23.1 Å². The second-order valence-electron chi connectivity index (χ2n) is 2.71. The number of aliphatic imine (C=N–C) groups is 1. The van der Waals surface area contributed by atoms with Crippen LogP contribution in [0.4, 0.5) is 14.9 Å². The van der Waals surface area contributed by atoms with E-state index >= 15 is 0 Å².